The Kier molecular flexibility index (Phi) is 30.5. The molecule has 262 valence electrons. The van der Waals surface area contributed by atoms with Crippen molar-refractivity contribution in [2.24, 2.45) is 0 Å². The van der Waals surface area contributed by atoms with Gasteiger partial charge in [0.2, 0.25) is 0 Å². The Hall–Kier alpha value is -1.16. The summed E-state index contributed by atoms with van der Waals surface area (Å²) in [4.78, 5) is 2.26. The second-order valence-corrected chi connectivity index (χ2v) is 13.8. The molecule has 2 unspecified atom stereocenters. The van der Waals surface area contributed by atoms with E-state index in [-0.39, 0.29) is 6.29 Å². The molecule has 0 aromatic heterocycles. The van der Waals surface area contributed by atoms with Crippen LogP contribution in [0.15, 0.2) is 48.6 Å². The van der Waals surface area contributed by atoms with E-state index in [4.69, 9.17) is 9.47 Å². The zero-order valence-corrected chi connectivity index (χ0v) is 30.7. The van der Waals surface area contributed by atoms with Crippen LogP contribution in [0, 0.1) is 0 Å². The zero-order chi connectivity index (χ0) is 32.5. The summed E-state index contributed by atoms with van der Waals surface area (Å²) in [5.74, 6) is 0. The van der Waals surface area contributed by atoms with Crippen molar-refractivity contribution in [1.82, 2.24) is 4.90 Å². The van der Waals surface area contributed by atoms with Crippen LogP contribution in [0.1, 0.15) is 181 Å². The number of unbranched alkanes of at least 4 members (excludes halogenated alkanes) is 16. The number of nitrogens with zero attached hydrogens (tertiary/aromatic N) is 1. The molecule has 0 aromatic carbocycles. The van der Waals surface area contributed by atoms with Crippen molar-refractivity contribution in [2.75, 3.05) is 20.6 Å². The number of ether oxygens (including phenoxy) is 2. The van der Waals surface area contributed by atoms with E-state index >= 15 is 0 Å². The molecule has 45 heavy (non-hydrogen) atoms. The van der Waals surface area contributed by atoms with Gasteiger partial charge in [0, 0.05) is 0 Å². The van der Waals surface area contributed by atoms with Crippen LogP contribution in [0.25, 0.3) is 0 Å². The average molecular weight is 628 g/mol. The Morgan fingerprint density at radius 1 is 0.422 bits per heavy atom. The fraction of sp³-hybridized carbons (Fsp3) is 0.810. The molecule has 2 atom stereocenters. The van der Waals surface area contributed by atoms with Crippen molar-refractivity contribution in [2.45, 2.75) is 199 Å². The average Bonchev–Trinajstić information content (AvgIpc) is 3.42. The molecule has 0 aliphatic carbocycles. The van der Waals surface area contributed by atoms with Gasteiger partial charge in [0.25, 0.3) is 0 Å². The van der Waals surface area contributed by atoms with Gasteiger partial charge in [-0.05, 0) is 111 Å². The van der Waals surface area contributed by atoms with Crippen molar-refractivity contribution in [3.8, 4) is 0 Å². The van der Waals surface area contributed by atoms with Gasteiger partial charge < -0.3 is 14.4 Å². The first kappa shape index (κ1) is 41.9. The molecule has 0 radical (unpaired) electrons. The van der Waals surface area contributed by atoms with Gasteiger partial charge in [-0.1, -0.05) is 140 Å². The molecular formula is C42H77NO2. The lowest BCUT2D eigenvalue weighted by Gasteiger charge is -2.16. The van der Waals surface area contributed by atoms with Crippen LogP contribution in [-0.4, -0.2) is 44.0 Å². The van der Waals surface area contributed by atoms with E-state index in [0.717, 1.165) is 32.2 Å². The van der Waals surface area contributed by atoms with Crippen molar-refractivity contribution < 1.29 is 9.47 Å². The number of hydrogen-bond acceptors (Lipinski definition) is 3. The Bertz CT molecular complexity index is 670. The third-order valence-corrected chi connectivity index (χ3v) is 8.99. The lowest BCUT2D eigenvalue weighted by Crippen LogP contribution is -2.22. The Balaban J connectivity index is 2.16. The van der Waals surface area contributed by atoms with Gasteiger partial charge in [-0.3, -0.25) is 0 Å². The Morgan fingerprint density at radius 3 is 1.20 bits per heavy atom. The monoisotopic (exact) mass is 628 g/mol. The molecule has 0 aromatic rings. The molecule has 0 spiro atoms. The molecule has 0 N–H and O–H groups in total. The number of hydrogen-bond donors (Lipinski definition) is 0. The molecule has 3 nitrogen and oxygen atoms in total. The van der Waals surface area contributed by atoms with Gasteiger partial charge >= 0.3 is 0 Å². The molecule has 0 saturated carbocycles. The number of allylic oxidation sites excluding steroid dienone is 8. The molecule has 3 heteroatoms. The van der Waals surface area contributed by atoms with Gasteiger partial charge in [-0.15, -0.1) is 0 Å². The van der Waals surface area contributed by atoms with Crippen LogP contribution in [0.4, 0.5) is 0 Å². The maximum absolute atomic E-state index is 6.48. The second-order valence-electron chi connectivity index (χ2n) is 13.8. The summed E-state index contributed by atoms with van der Waals surface area (Å²) in [7, 11) is 4.30. The Morgan fingerprint density at radius 2 is 0.800 bits per heavy atom. The predicted molar refractivity (Wildman–Crippen MR) is 200 cm³/mol. The summed E-state index contributed by atoms with van der Waals surface area (Å²) >= 11 is 0. The van der Waals surface area contributed by atoms with Crippen LogP contribution in [0.2, 0.25) is 0 Å². The summed E-state index contributed by atoms with van der Waals surface area (Å²) in [5.41, 5.74) is 0. The molecule has 1 fully saturated rings. The maximum atomic E-state index is 6.48. The molecule has 1 saturated heterocycles. The molecule has 0 bridgehead atoms. The molecule has 0 amide bonds. The second kappa shape index (κ2) is 32.8. The predicted octanol–water partition coefficient (Wildman–Crippen LogP) is 13.1. The molecular weight excluding hydrogens is 550 g/mol. The third kappa shape index (κ3) is 27.6. The van der Waals surface area contributed by atoms with Crippen LogP contribution in [0.3, 0.4) is 0 Å². The lowest BCUT2D eigenvalue weighted by molar-refractivity contribution is -0.0733. The van der Waals surface area contributed by atoms with Crippen molar-refractivity contribution in [3.05, 3.63) is 48.6 Å². The van der Waals surface area contributed by atoms with Gasteiger partial charge in [0.05, 0.1) is 12.2 Å². The van der Waals surface area contributed by atoms with Gasteiger partial charge in [0.15, 0.2) is 6.29 Å². The summed E-state index contributed by atoms with van der Waals surface area (Å²) in [6.45, 7) is 5.64. The molecule has 1 rings (SSSR count). The highest BCUT2D eigenvalue weighted by Gasteiger charge is 2.34. The van der Waals surface area contributed by atoms with Crippen molar-refractivity contribution in [3.63, 3.8) is 0 Å². The van der Waals surface area contributed by atoms with E-state index in [1.165, 1.54) is 141 Å². The van der Waals surface area contributed by atoms with Crippen LogP contribution in [-0.2, 0) is 9.47 Å². The standard InChI is InChI=1S/C42H77NO2/c1-5-7-9-11-13-15-17-19-21-23-25-27-29-31-33-36-40-41(45-42(44-40)38-35-39-43(3)4)37-34-32-30-28-26-24-22-20-18-16-14-12-10-8-6-2/h13-16,19-22,40-42H,5-12,17-18,23-39H2,1-4H3/b15-13-,16-14-,21-19-,22-20-. The third-order valence-electron chi connectivity index (χ3n) is 8.99. The van der Waals surface area contributed by atoms with Gasteiger partial charge in [-0.25, -0.2) is 0 Å². The first-order valence-electron chi connectivity index (χ1n) is 19.7. The minimum absolute atomic E-state index is 0.0101. The lowest BCUT2D eigenvalue weighted by atomic mass is 9.99. The minimum Gasteiger partial charge on any atom is -0.347 e. The zero-order valence-electron chi connectivity index (χ0n) is 30.7. The Labute approximate surface area is 282 Å². The highest BCUT2D eigenvalue weighted by molar-refractivity contribution is 4.93. The summed E-state index contributed by atoms with van der Waals surface area (Å²) in [6.07, 6.45) is 52.3. The van der Waals surface area contributed by atoms with E-state index in [9.17, 15) is 0 Å². The quantitative estimate of drug-likeness (QED) is 0.0547. The summed E-state index contributed by atoms with van der Waals surface area (Å²) in [6, 6.07) is 0. The smallest absolute Gasteiger partial charge is 0.158 e. The highest BCUT2D eigenvalue weighted by Crippen LogP contribution is 2.30. The normalized spacial score (nSPS) is 19.2. The van der Waals surface area contributed by atoms with Crippen LogP contribution in [0.5, 0.6) is 0 Å². The topological polar surface area (TPSA) is 21.7 Å². The molecule has 1 heterocycles. The summed E-state index contributed by atoms with van der Waals surface area (Å²) in [5, 5.41) is 0. The van der Waals surface area contributed by atoms with Crippen molar-refractivity contribution >= 4 is 0 Å². The maximum Gasteiger partial charge on any atom is 0.158 e. The fourth-order valence-electron chi connectivity index (χ4n) is 6.13. The fourth-order valence-corrected chi connectivity index (χ4v) is 6.13. The van der Waals surface area contributed by atoms with Crippen molar-refractivity contribution in [1.29, 1.82) is 0 Å². The highest BCUT2D eigenvalue weighted by atomic mass is 16.7. The van der Waals surface area contributed by atoms with E-state index < -0.39 is 0 Å². The van der Waals surface area contributed by atoms with E-state index in [1.54, 1.807) is 0 Å². The van der Waals surface area contributed by atoms with Crippen LogP contribution < -0.4 is 0 Å². The molecule has 1 aliphatic rings. The van der Waals surface area contributed by atoms with E-state index in [0.29, 0.717) is 12.2 Å². The first-order chi connectivity index (χ1) is 22.2. The minimum atomic E-state index is 0.0101. The summed E-state index contributed by atoms with van der Waals surface area (Å²) < 4.78 is 13.0. The number of rotatable bonds is 32. The van der Waals surface area contributed by atoms with E-state index in [1.807, 2.05) is 0 Å². The van der Waals surface area contributed by atoms with Gasteiger partial charge in [-0.2, -0.15) is 0 Å². The molecule has 1 aliphatic heterocycles. The largest absolute Gasteiger partial charge is 0.347 e. The van der Waals surface area contributed by atoms with Crippen LogP contribution >= 0.6 is 0 Å². The SMILES string of the molecule is CCCCC/C=C\C/C=C\CCCCCCCC1OC(CCCN(C)C)OC1CCCCCCC/C=C\C/C=C\CCCCC. The first-order valence-corrected chi connectivity index (χ1v) is 19.7. The van der Waals surface area contributed by atoms with Gasteiger partial charge in [0.1, 0.15) is 0 Å². The van der Waals surface area contributed by atoms with E-state index in [2.05, 4.69) is 81.5 Å².